The van der Waals surface area contributed by atoms with E-state index < -0.39 is 10.0 Å². The van der Waals surface area contributed by atoms with Gasteiger partial charge in [0, 0.05) is 12.1 Å². The maximum atomic E-state index is 11.8. The maximum absolute atomic E-state index is 11.8. The zero-order valence-corrected chi connectivity index (χ0v) is 11.3. The van der Waals surface area contributed by atoms with Crippen molar-refractivity contribution in [1.82, 2.24) is 4.98 Å². The lowest BCUT2D eigenvalue weighted by Gasteiger charge is -2.12. The number of halogens is 1. The van der Waals surface area contributed by atoms with Crippen LogP contribution < -0.4 is 9.46 Å². The van der Waals surface area contributed by atoms with Crippen molar-refractivity contribution in [3.05, 3.63) is 18.3 Å². The van der Waals surface area contributed by atoms with E-state index in [1.165, 1.54) is 13.3 Å². The lowest BCUT2D eigenvalue weighted by Crippen LogP contribution is -2.22. The second-order valence-electron chi connectivity index (χ2n) is 3.70. The molecule has 0 aliphatic rings. The topological polar surface area (TPSA) is 68.3 Å². The van der Waals surface area contributed by atoms with Crippen molar-refractivity contribution < 1.29 is 13.2 Å². The summed E-state index contributed by atoms with van der Waals surface area (Å²) in [7, 11) is -2.00. The van der Waals surface area contributed by atoms with Crippen LogP contribution >= 0.6 is 11.6 Å². The van der Waals surface area contributed by atoms with Crippen LogP contribution in [0, 0.1) is 5.92 Å². The van der Waals surface area contributed by atoms with Crippen molar-refractivity contribution in [3.63, 3.8) is 0 Å². The summed E-state index contributed by atoms with van der Waals surface area (Å²) in [6.07, 6.45) is 1.53. The Hall–Kier alpha value is -1.01. The number of pyridine rings is 1. The Morgan fingerprint density at radius 1 is 1.59 bits per heavy atom. The molecule has 5 nitrogen and oxygen atoms in total. The van der Waals surface area contributed by atoms with Crippen LogP contribution in [0.2, 0.25) is 0 Å². The van der Waals surface area contributed by atoms with Gasteiger partial charge in [-0.15, -0.1) is 11.6 Å². The quantitative estimate of drug-likeness (QED) is 0.805. The van der Waals surface area contributed by atoms with Crippen molar-refractivity contribution in [2.45, 2.75) is 6.92 Å². The number of methoxy groups -OCH3 is 1. The first kappa shape index (κ1) is 14.1. The number of ether oxygens (including phenoxy) is 1. The molecule has 0 saturated heterocycles. The fourth-order valence-electron chi connectivity index (χ4n) is 1.26. The third-order valence-corrected chi connectivity index (χ3v) is 4.06. The van der Waals surface area contributed by atoms with Crippen molar-refractivity contribution in [2.24, 2.45) is 5.92 Å². The summed E-state index contributed by atoms with van der Waals surface area (Å²) in [5.74, 6) is 0.394. The Balaban J connectivity index is 2.83. The third kappa shape index (κ3) is 4.40. The number of sulfonamides is 1. The van der Waals surface area contributed by atoms with Gasteiger partial charge in [0.15, 0.2) is 0 Å². The number of anilines is 1. The molecule has 0 aliphatic carbocycles. The molecule has 96 valence electrons. The summed E-state index contributed by atoms with van der Waals surface area (Å²) in [6, 6.07) is 3.22. The first-order valence-electron chi connectivity index (χ1n) is 5.04. The zero-order valence-electron chi connectivity index (χ0n) is 9.68. The summed E-state index contributed by atoms with van der Waals surface area (Å²) < 4.78 is 31.0. The number of nitrogens with zero attached hydrogens (tertiary/aromatic N) is 1. The second-order valence-corrected chi connectivity index (χ2v) is 5.78. The molecule has 0 saturated carbocycles. The molecule has 7 heteroatoms. The van der Waals surface area contributed by atoms with Crippen molar-refractivity contribution in [3.8, 4) is 5.88 Å². The van der Waals surface area contributed by atoms with E-state index in [0.717, 1.165) is 0 Å². The molecule has 0 aliphatic heterocycles. The number of hydrogen-bond donors (Lipinski definition) is 1. The molecular weight excluding hydrogens is 264 g/mol. The summed E-state index contributed by atoms with van der Waals surface area (Å²) in [5.41, 5.74) is 0.330. The van der Waals surface area contributed by atoms with Crippen molar-refractivity contribution in [2.75, 3.05) is 23.5 Å². The number of nitrogens with one attached hydrogen (secondary N) is 1. The van der Waals surface area contributed by atoms with Crippen LogP contribution in [0.15, 0.2) is 18.3 Å². The summed E-state index contributed by atoms with van der Waals surface area (Å²) in [4.78, 5) is 3.91. The minimum atomic E-state index is -3.43. The van der Waals surface area contributed by atoms with E-state index in [0.29, 0.717) is 11.6 Å². The molecule has 0 bridgehead atoms. The van der Waals surface area contributed by atoms with Gasteiger partial charge >= 0.3 is 0 Å². The predicted octanol–water partition coefficient (Wildman–Crippen LogP) is 1.71. The Kier molecular flexibility index (Phi) is 5.02. The first-order valence-corrected chi connectivity index (χ1v) is 7.22. The van der Waals surface area contributed by atoms with E-state index in [4.69, 9.17) is 16.3 Å². The molecule has 0 radical (unpaired) electrons. The standard InChI is InChI=1S/C10H15ClN2O3S/c1-8(6-11)7-17(14,15)13-9-4-3-5-12-10(9)16-2/h3-5,8,13H,6-7H2,1-2H3. The fraction of sp³-hybridized carbons (Fsp3) is 0.500. The number of alkyl halides is 1. The SMILES string of the molecule is COc1ncccc1NS(=O)(=O)CC(C)CCl. The summed E-state index contributed by atoms with van der Waals surface area (Å²) >= 11 is 5.59. The van der Waals surface area contributed by atoms with Gasteiger partial charge in [0.1, 0.15) is 5.69 Å². The van der Waals surface area contributed by atoms with Gasteiger partial charge < -0.3 is 4.74 Å². The van der Waals surface area contributed by atoms with Gasteiger partial charge in [-0.2, -0.15) is 0 Å². The first-order chi connectivity index (χ1) is 7.98. The van der Waals surface area contributed by atoms with Gasteiger partial charge in [-0.1, -0.05) is 6.92 Å². The molecule has 0 spiro atoms. The lowest BCUT2D eigenvalue weighted by atomic mass is 10.3. The van der Waals surface area contributed by atoms with Gasteiger partial charge in [-0.3, -0.25) is 4.72 Å². The molecular formula is C10H15ClN2O3S. The van der Waals surface area contributed by atoms with E-state index in [1.807, 2.05) is 0 Å². The summed E-state index contributed by atoms with van der Waals surface area (Å²) in [6.45, 7) is 1.77. The normalized spacial score (nSPS) is 13.1. The van der Waals surface area contributed by atoms with Gasteiger partial charge in [-0.05, 0) is 18.1 Å². The molecule has 0 amide bonds. The Labute approximate surface area is 106 Å². The van der Waals surface area contributed by atoms with Crippen molar-refractivity contribution >= 4 is 27.3 Å². The molecule has 1 N–H and O–H groups in total. The Morgan fingerprint density at radius 2 is 2.29 bits per heavy atom. The fourth-order valence-corrected chi connectivity index (χ4v) is 2.94. The molecule has 1 unspecified atom stereocenters. The second kappa shape index (κ2) is 6.07. The van der Waals surface area contributed by atoms with Crippen LogP contribution in [-0.4, -0.2) is 32.1 Å². The largest absolute Gasteiger partial charge is 0.480 e. The average Bonchev–Trinajstić information content (AvgIpc) is 2.28. The predicted molar refractivity (Wildman–Crippen MR) is 68.1 cm³/mol. The number of aromatic nitrogens is 1. The van der Waals surface area contributed by atoms with E-state index in [9.17, 15) is 8.42 Å². The molecule has 1 heterocycles. The highest BCUT2D eigenvalue weighted by molar-refractivity contribution is 7.92. The van der Waals surface area contributed by atoms with E-state index >= 15 is 0 Å². The van der Waals surface area contributed by atoms with Crippen LogP contribution in [0.3, 0.4) is 0 Å². The number of hydrogen-bond acceptors (Lipinski definition) is 4. The molecule has 0 aromatic carbocycles. The van der Waals surface area contributed by atoms with E-state index in [-0.39, 0.29) is 17.6 Å². The zero-order chi connectivity index (χ0) is 12.9. The summed E-state index contributed by atoms with van der Waals surface area (Å²) in [5, 5.41) is 0. The molecule has 1 atom stereocenters. The smallest absolute Gasteiger partial charge is 0.238 e. The highest BCUT2D eigenvalue weighted by atomic mass is 35.5. The van der Waals surface area contributed by atoms with E-state index in [2.05, 4.69) is 9.71 Å². The van der Waals surface area contributed by atoms with E-state index in [1.54, 1.807) is 19.1 Å². The number of rotatable bonds is 6. The minimum Gasteiger partial charge on any atom is -0.480 e. The highest BCUT2D eigenvalue weighted by Crippen LogP contribution is 2.21. The molecule has 1 aromatic heterocycles. The van der Waals surface area contributed by atoms with Gasteiger partial charge in [0.2, 0.25) is 15.9 Å². The van der Waals surface area contributed by atoms with Crippen LogP contribution in [0.25, 0.3) is 0 Å². The van der Waals surface area contributed by atoms with Crippen LogP contribution in [-0.2, 0) is 10.0 Å². The lowest BCUT2D eigenvalue weighted by molar-refractivity contribution is 0.400. The monoisotopic (exact) mass is 278 g/mol. The average molecular weight is 279 g/mol. The highest BCUT2D eigenvalue weighted by Gasteiger charge is 2.17. The van der Waals surface area contributed by atoms with Gasteiger partial charge in [-0.25, -0.2) is 13.4 Å². The van der Waals surface area contributed by atoms with Crippen LogP contribution in [0.1, 0.15) is 6.92 Å². The molecule has 1 aromatic rings. The van der Waals surface area contributed by atoms with Gasteiger partial charge in [0.05, 0.1) is 12.9 Å². The van der Waals surface area contributed by atoms with Gasteiger partial charge in [0.25, 0.3) is 0 Å². The molecule has 17 heavy (non-hydrogen) atoms. The third-order valence-electron chi connectivity index (χ3n) is 2.00. The minimum absolute atomic E-state index is 0.0332. The van der Waals surface area contributed by atoms with Crippen LogP contribution in [0.4, 0.5) is 5.69 Å². The van der Waals surface area contributed by atoms with Crippen molar-refractivity contribution in [1.29, 1.82) is 0 Å². The Morgan fingerprint density at radius 3 is 2.88 bits per heavy atom. The maximum Gasteiger partial charge on any atom is 0.238 e. The molecule has 0 fully saturated rings. The van der Waals surface area contributed by atoms with Crippen LogP contribution in [0.5, 0.6) is 5.88 Å². The molecule has 1 rings (SSSR count). The Bertz CT molecular complexity index is 464.